The van der Waals surface area contributed by atoms with E-state index >= 15 is 0 Å². The summed E-state index contributed by atoms with van der Waals surface area (Å²) < 4.78 is 3.80. The minimum Gasteiger partial charge on any atom is -0.449 e. The van der Waals surface area contributed by atoms with E-state index in [2.05, 4.69) is 29.5 Å². The molecule has 0 aromatic heterocycles. The van der Waals surface area contributed by atoms with Gasteiger partial charge in [0.25, 0.3) is 0 Å². The van der Waals surface area contributed by atoms with E-state index in [0.717, 1.165) is 12.3 Å². The summed E-state index contributed by atoms with van der Waals surface area (Å²) in [6.07, 6.45) is 9.97. The van der Waals surface area contributed by atoms with Crippen molar-refractivity contribution >= 4 is 12.2 Å². The maximum atomic E-state index is 9.49. The Balaban J connectivity index is 0.000000396. The molecular weight excluding hydrogens is 254 g/mol. The van der Waals surface area contributed by atoms with Crippen molar-refractivity contribution in [1.29, 1.82) is 5.26 Å². The van der Waals surface area contributed by atoms with Gasteiger partial charge in [0.1, 0.15) is 6.26 Å². The van der Waals surface area contributed by atoms with Crippen LogP contribution in [0.15, 0.2) is 73.6 Å². The fraction of sp³-hybridized carbons (Fsp3) is 0. The van der Waals surface area contributed by atoms with E-state index in [1.54, 1.807) is 12.1 Å². The van der Waals surface area contributed by atoms with Gasteiger partial charge in [-0.3, -0.25) is 0 Å². The third-order valence-electron chi connectivity index (χ3n) is 1.76. The summed E-state index contributed by atoms with van der Waals surface area (Å²) in [5, 5.41) is 15.5. The smallest absolute Gasteiger partial charge is 0.449 e. The summed E-state index contributed by atoms with van der Waals surface area (Å²) in [5.74, 6) is 0. The molecule has 0 aliphatic heterocycles. The SMILES string of the molecule is C=CC=CC=Cc1ccccc1.N#CC=COC(=O)O. The summed E-state index contributed by atoms with van der Waals surface area (Å²) in [6, 6.07) is 11.7. The van der Waals surface area contributed by atoms with Crippen LogP contribution in [-0.4, -0.2) is 11.3 Å². The van der Waals surface area contributed by atoms with Gasteiger partial charge >= 0.3 is 6.16 Å². The number of carboxylic acid groups (broad SMARTS) is 1. The standard InChI is InChI=1S/C12H12.C4H3NO3/c1-2-3-4-6-9-12-10-7-5-8-11-12;5-2-1-3-8-4(6)7/h2-11H,1H2;1,3H,(H,6,7). The number of benzene rings is 1. The summed E-state index contributed by atoms with van der Waals surface area (Å²) in [6.45, 7) is 3.58. The minimum atomic E-state index is -1.42. The first-order chi connectivity index (χ1) is 9.70. The van der Waals surface area contributed by atoms with E-state index in [0.29, 0.717) is 0 Å². The highest BCUT2D eigenvalue weighted by molar-refractivity contribution is 5.57. The molecule has 0 radical (unpaired) electrons. The monoisotopic (exact) mass is 269 g/mol. The highest BCUT2D eigenvalue weighted by Gasteiger charge is 1.86. The van der Waals surface area contributed by atoms with Crippen molar-refractivity contribution in [1.82, 2.24) is 0 Å². The second-order valence-corrected chi connectivity index (χ2v) is 3.21. The lowest BCUT2D eigenvalue weighted by Gasteiger charge is -1.87. The van der Waals surface area contributed by atoms with Gasteiger partial charge in [-0.25, -0.2) is 4.79 Å². The number of rotatable bonds is 4. The Morgan fingerprint density at radius 2 is 1.95 bits per heavy atom. The number of nitriles is 1. The van der Waals surface area contributed by atoms with Crippen LogP contribution in [0.2, 0.25) is 0 Å². The van der Waals surface area contributed by atoms with E-state index in [1.807, 2.05) is 36.4 Å². The Morgan fingerprint density at radius 3 is 2.50 bits per heavy atom. The van der Waals surface area contributed by atoms with Crippen molar-refractivity contribution in [2.75, 3.05) is 0 Å². The van der Waals surface area contributed by atoms with Crippen LogP contribution >= 0.6 is 0 Å². The Hall–Kier alpha value is -3.06. The number of hydrogen-bond acceptors (Lipinski definition) is 3. The molecule has 4 heteroatoms. The van der Waals surface area contributed by atoms with Crippen LogP contribution in [0, 0.1) is 11.3 Å². The molecular formula is C16H15NO3. The van der Waals surface area contributed by atoms with Crippen molar-refractivity contribution in [2.24, 2.45) is 0 Å². The number of ether oxygens (including phenoxy) is 1. The number of nitrogens with zero attached hydrogens (tertiary/aromatic N) is 1. The molecule has 0 amide bonds. The third kappa shape index (κ3) is 11.4. The van der Waals surface area contributed by atoms with Gasteiger partial charge in [0.05, 0.1) is 12.1 Å². The Kier molecular flexibility index (Phi) is 10.5. The van der Waals surface area contributed by atoms with Crippen molar-refractivity contribution < 1.29 is 14.6 Å². The molecule has 20 heavy (non-hydrogen) atoms. The van der Waals surface area contributed by atoms with Crippen LogP contribution < -0.4 is 0 Å². The molecule has 0 spiro atoms. The summed E-state index contributed by atoms with van der Waals surface area (Å²) in [4.78, 5) is 9.49. The maximum Gasteiger partial charge on any atom is 0.510 e. The highest BCUT2D eigenvalue weighted by atomic mass is 16.7. The molecule has 1 aromatic rings. The molecule has 1 rings (SSSR count). The molecule has 0 fully saturated rings. The van der Waals surface area contributed by atoms with Crippen LogP contribution in [0.3, 0.4) is 0 Å². The molecule has 0 saturated heterocycles. The van der Waals surface area contributed by atoms with Gasteiger partial charge in [-0.1, -0.05) is 67.3 Å². The molecule has 0 atom stereocenters. The molecule has 0 bridgehead atoms. The predicted octanol–water partition coefficient (Wildman–Crippen LogP) is 4.16. The van der Waals surface area contributed by atoms with E-state index in [4.69, 9.17) is 10.4 Å². The molecule has 102 valence electrons. The van der Waals surface area contributed by atoms with Gasteiger partial charge in [0.2, 0.25) is 0 Å². The fourth-order valence-electron chi connectivity index (χ4n) is 0.996. The lowest BCUT2D eigenvalue weighted by Crippen LogP contribution is -1.90. The second-order valence-electron chi connectivity index (χ2n) is 3.21. The molecule has 1 N–H and O–H groups in total. The molecule has 0 unspecified atom stereocenters. The maximum absolute atomic E-state index is 9.49. The first kappa shape index (κ1) is 16.9. The lowest BCUT2D eigenvalue weighted by atomic mass is 10.2. The van der Waals surface area contributed by atoms with E-state index in [9.17, 15) is 4.79 Å². The van der Waals surface area contributed by atoms with Crippen LogP contribution in [0.5, 0.6) is 0 Å². The Bertz CT molecular complexity index is 522. The molecule has 4 nitrogen and oxygen atoms in total. The minimum absolute atomic E-state index is 0.794. The third-order valence-corrected chi connectivity index (χ3v) is 1.76. The quantitative estimate of drug-likeness (QED) is 0.385. The first-order valence-corrected chi connectivity index (χ1v) is 5.65. The van der Waals surface area contributed by atoms with Crippen molar-refractivity contribution in [3.63, 3.8) is 0 Å². The molecule has 1 aromatic carbocycles. The average Bonchev–Trinajstić information content (AvgIpc) is 2.45. The van der Waals surface area contributed by atoms with Gasteiger partial charge in [0, 0.05) is 0 Å². The second kappa shape index (κ2) is 12.4. The van der Waals surface area contributed by atoms with Crippen LogP contribution in [-0.2, 0) is 4.74 Å². The van der Waals surface area contributed by atoms with Crippen molar-refractivity contribution in [3.05, 3.63) is 79.1 Å². The van der Waals surface area contributed by atoms with Crippen LogP contribution in [0.1, 0.15) is 5.56 Å². The Labute approximate surface area is 118 Å². The average molecular weight is 269 g/mol. The normalized spacial score (nSPS) is 9.95. The van der Waals surface area contributed by atoms with Gasteiger partial charge in [-0.15, -0.1) is 0 Å². The lowest BCUT2D eigenvalue weighted by molar-refractivity contribution is 0.128. The van der Waals surface area contributed by atoms with Gasteiger partial charge in [0.15, 0.2) is 0 Å². The molecule has 0 aliphatic carbocycles. The number of allylic oxidation sites excluding steroid dienone is 5. The molecule has 0 saturated carbocycles. The highest BCUT2D eigenvalue weighted by Crippen LogP contribution is 2.00. The number of hydrogen-bond donors (Lipinski definition) is 1. The van der Waals surface area contributed by atoms with E-state index < -0.39 is 6.16 Å². The van der Waals surface area contributed by atoms with E-state index in [1.165, 1.54) is 5.56 Å². The zero-order valence-electron chi connectivity index (χ0n) is 10.8. The zero-order chi connectivity index (χ0) is 15.1. The van der Waals surface area contributed by atoms with Crippen molar-refractivity contribution in [3.8, 4) is 6.07 Å². The summed E-state index contributed by atoms with van der Waals surface area (Å²) in [5.41, 5.74) is 1.21. The fourth-order valence-corrected chi connectivity index (χ4v) is 0.996. The topological polar surface area (TPSA) is 70.3 Å². The summed E-state index contributed by atoms with van der Waals surface area (Å²) >= 11 is 0. The molecule has 0 heterocycles. The first-order valence-electron chi connectivity index (χ1n) is 5.65. The zero-order valence-corrected chi connectivity index (χ0v) is 10.8. The van der Waals surface area contributed by atoms with Gasteiger partial charge < -0.3 is 9.84 Å². The van der Waals surface area contributed by atoms with Gasteiger partial charge in [-0.05, 0) is 5.56 Å². The van der Waals surface area contributed by atoms with Gasteiger partial charge in [-0.2, -0.15) is 5.26 Å². The number of carbonyl (C=O) groups is 1. The van der Waals surface area contributed by atoms with E-state index in [-0.39, 0.29) is 0 Å². The molecule has 0 aliphatic rings. The predicted molar refractivity (Wildman–Crippen MR) is 78.7 cm³/mol. The Morgan fingerprint density at radius 1 is 1.25 bits per heavy atom. The largest absolute Gasteiger partial charge is 0.510 e. The van der Waals surface area contributed by atoms with Crippen LogP contribution in [0.25, 0.3) is 6.08 Å². The van der Waals surface area contributed by atoms with Crippen molar-refractivity contribution in [2.45, 2.75) is 0 Å². The van der Waals surface area contributed by atoms with Crippen LogP contribution in [0.4, 0.5) is 4.79 Å². The summed E-state index contributed by atoms with van der Waals surface area (Å²) in [7, 11) is 0.